The first-order chi connectivity index (χ1) is 15.4. The maximum atomic E-state index is 3.86. The van der Waals surface area contributed by atoms with Crippen molar-refractivity contribution in [1.82, 2.24) is 20.4 Å². The molecule has 2 aromatic rings. The van der Waals surface area contributed by atoms with Gasteiger partial charge in [0, 0.05) is 25.2 Å². The van der Waals surface area contributed by atoms with Crippen molar-refractivity contribution < 1.29 is 0 Å². The van der Waals surface area contributed by atoms with Crippen molar-refractivity contribution in [1.29, 1.82) is 0 Å². The van der Waals surface area contributed by atoms with Crippen LogP contribution in [0, 0.1) is 0 Å². The van der Waals surface area contributed by atoms with Crippen LogP contribution in [0.1, 0.15) is 55.3 Å². The van der Waals surface area contributed by atoms with Crippen LogP contribution in [0.2, 0.25) is 0 Å². The van der Waals surface area contributed by atoms with Gasteiger partial charge in [0.15, 0.2) is 0 Å². The number of benzene rings is 2. The minimum atomic E-state index is 0.425. The quantitative estimate of drug-likeness (QED) is 0.503. The molecule has 2 aliphatic rings. The third-order valence-corrected chi connectivity index (χ3v) is 6.82. The van der Waals surface area contributed by atoms with Crippen LogP contribution in [0.15, 0.2) is 60.7 Å². The monoisotopic (exact) mass is 420 g/mol. The van der Waals surface area contributed by atoms with Crippen LogP contribution in [-0.4, -0.2) is 62.2 Å². The number of hydrogen-bond acceptors (Lipinski definition) is 4. The van der Waals surface area contributed by atoms with E-state index in [4.69, 9.17) is 0 Å². The molecule has 0 bridgehead atoms. The Kier molecular flexibility index (Phi) is 8.95. The number of likely N-dealkylation sites (tertiary alicyclic amines) is 2. The summed E-state index contributed by atoms with van der Waals surface area (Å²) in [5.74, 6) is 0. The van der Waals surface area contributed by atoms with Gasteiger partial charge in [-0.25, -0.2) is 0 Å². The topological polar surface area (TPSA) is 30.5 Å². The van der Waals surface area contributed by atoms with Crippen molar-refractivity contribution in [3.63, 3.8) is 0 Å². The van der Waals surface area contributed by atoms with Crippen LogP contribution in [0.5, 0.6) is 0 Å². The molecule has 4 heteroatoms. The molecular weight excluding hydrogens is 380 g/mol. The molecule has 0 saturated carbocycles. The van der Waals surface area contributed by atoms with Gasteiger partial charge < -0.3 is 20.4 Å². The van der Waals surface area contributed by atoms with Crippen molar-refractivity contribution in [3.05, 3.63) is 71.8 Å². The van der Waals surface area contributed by atoms with Gasteiger partial charge in [-0.05, 0) is 82.5 Å². The molecule has 2 aliphatic heterocycles. The second kappa shape index (κ2) is 12.4. The zero-order valence-electron chi connectivity index (χ0n) is 19.0. The highest BCUT2D eigenvalue weighted by Crippen LogP contribution is 2.19. The molecular formula is C27H40N4. The number of rotatable bonds is 12. The van der Waals surface area contributed by atoms with Gasteiger partial charge in [-0.3, -0.25) is 0 Å². The van der Waals surface area contributed by atoms with Gasteiger partial charge in [0.2, 0.25) is 0 Å². The van der Waals surface area contributed by atoms with Crippen LogP contribution in [0.25, 0.3) is 0 Å². The Bertz CT molecular complexity index is 660. The predicted molar refractivity (Wildman–Crippen MR) is 130 cm³/mol. The molecule has 0 radical (unpaired) electrons. The fourth-order valence-corrected chi connectivity index (χ4v) is 5.03. The number of nitrogens with one attached hydrogen (secondary N) is 2. The smallest absolute Gasteiger partial charge is 0.0449 e. The van der Waals surface area contributed by atoms with E-state index >= 15 is 0 Å². The zero-order valence-corrected chi connectivity index (χ0v) is 19.0. The van der Waals surface area contributed by atoms with E-state index in [1.165, 1.54) is 63.0 Å². The van der Waals surface area contributed by atoms with Crippen molar-refractivity contribution in [2.75, 3.05) is 52.4 Å². The highest BCUT2D eigenvalue weighted by Gasteiger charge is 2.20. The largest absolute Gasteiger partial charge is 0.309 e. The molecule has 2 aromatic carbocycles. The van der Waals surface area contributed by atoms with E-state index in [0.717, 1.165) is 32.6 Å². The van der Waals surface area contributed by atoms with E-state index in [-0.39, 0.29) is 0 Å². The summed E-state index contributed by atoms with van der Waals surface area (Å²) in [5, 5.41) is 7.71. The molecule has 2 heterocycles. The lowest BCUT2D eigenvalue weighted by molar-refractivity contribution is 0.285. The van der Waals surface area contributed by atoms with Crippen molar-refractivity contribution >= 4 is 0 Å². The average molecular weight is 421 g/mol. The fraction of sp³-hybridized carbons (Fsp3) is 0.556. The van der Waals surface area contributed by atoms with Crippen molar-refractivity contribution in [2.45, 2.75) is 44.2 Å². The Labute approximate surface area is 189 Å². The lowest BCUT2D eigenvalue weighted by atomic mass is 10.1. The van der Waals surface area contributed by atoms with Crippen LogP contribution < -0.4 is 10.6 Å². The van der Waals surface area contributed by atoms with Gasteiger partial charge in [0.05, 0.1) is 0 Å². The molecule has 4 rings (SSSR count). The summed E-state index contributed by atoms with van der Waals surface area (Å²) in [6.07, 6.45) is 6.55. The van der Waals surface area contributed by atoms with E-state index in [0.29, 0.717) is 12.1 Å². The molecule has 4 nitrogen and oxygen atoms in total. The van der Waals surface area contributed by atoms with Crippen molar-refractivity contribution in [3.8, 4) is 0 Å². The molecule has 0 amide bonds. The van der Waals surface area contributed by atoms with E-state index in [1.807, 2.05) is 0 Å². The summed E-state index contributed by atoms with van der Waals surface area (Å²) in [6, 6.07) is 22.8. The van der Waals surface area contributed by atoms with Crippen LogP contribution in [0.4, 0.5) is 0 Å². The first kappa shape index (κ1) is 22.5. The van der Waals surface area contributed by atoms with Gasteiger partial charge in [-0.1, -0.05) is 60.7 Å². The van der Waals surface area contributed by atoms with E-state index in [9.17, 15) is 0 Å². The fourth-order valence-electron chi connectivity index (χ4n) is 5.03. The normalized spacial score (nSPS) is 19.6. The van der Waals surface area contributed by atoms with E-state index in [2.05, 4.69) is 81.1 Å². The first-order valence-electron chi connectivity index (χ1n) is 12.4. The Balaban J connectivity index is 1.26. The van der Waals surface area contributed by atoms with Crippen LogP contribution >= 0.6 is 0 Å². The molecule has 0 aliphatic carbocycles. The highest BCUT2D eigenvalue weighted by molar-refractivity contribution is 5.20. The summed E-state index contributed by atoms with van der Waals surface area (Å²) in [7, 11) is 0. The van der Waals surface area contributed by atoms with E-state index < -0.39 is 0 Å². The third kappa shape index (κ3) is 7.15. The van der Waals surface area contributed by atoms with Crippen molar-refractivity contribution in [2.24, 2.45) is 0 Å². The molecule has 0 spiro atoms. The second-order valence-corrected chi connectivity index (χ2v) is 9.20. The molecule has 0 unspecified atom stereocenters. The van der Waals surface area contributed by atoms with Gasteiger partial charge >= 0.3 is 0 Å². The molecule has 0 aromatic heterocycles. The average Bonchev–Trinajstić information content (AvgIpc) is 3.53. The van der Waals surface area contributed by atoms with Gasteiger partial charge in [0.25, 0.3) is 0 Å². The molecule has 2 N–H and O–H groups in total. The Morgan fingerprint density at radius 3 is 1.35 bits per heavy atom. The Hall–Kier alpha value is -1.72. The Morgan fingerprint density at radius 1 is 0.581 bits per heavy atom. The lowest BCUT2D eigenvalue weighted by Gasteiger charge is -2.26. The minimum Gasteiger partial charge on any atom is -0.309 e. The predicted octanol–water partition coefficient (Wildman–Crippen LogP) is 4.23. The molecule has 31 heavy (non-hydrogen) atoms. The molecule has 2 atom stereocenters. The zero-order chi connectivity index (χ0) is 21.1. The standard InChI is InChI=1S/C27H40N4/c1-3-12-24(13-4-1)26(22-30-18-7-8-19-30)28-16-11-17-29-27(23-31-20-9-10-21-31)25-14-5-2-6-15-25/h1-6,12-15,26-29H,7-11,16-23H2/t26-,27-/m1/s1. The minimum absolute atomic E-state index is 0.425. The Morgan fingerprint density at radius 2 is 0.968 bits per heavy atom. The van der Waals surface area contributed by atoms with Gasteiger partial charge in [-0.2, -0.15) is 0 Å². The van der Waals surface area contributed by atoms with Gasteiger partial charge in [0.1, 0.15) is 0 Å². The molecule has 2 saturated heterocycles. The summed E-state index contributed by atoms with van der Waals surface area (Å²) in [4.78, 5) is 5.23. The maximum Gasteiger partial charge on any atom is 0.0449 e. The summed E-state index contributed by atoms with van der Waals surface area (Å²) in [5.41, 5.74) is 2.83. The third-order valence-electron chi connectivity index (χ3n) is 6.82. The number of hydrogen-bond donors (Lipinski definition) is 2. The second-order valence-electron chi connectivity index (χ2n) is 9.20. The first-order valence-corrected chi connectivity index (χ1v) is 12.4. The molecule has 2 fully saturated rings. The SMILES string of the molecule is c1ccc([C@@H](CN2CCCC2)NCCCN[C@H](CN2CCCC2)c2ccccc2)cc1. The summed E-state index contributed by atoms with van der Waals surface area (Å²) < 4.78 is 0. The van der Waals surface area contributed by atoms with Crippen LogP contribution in [-0.2, 0) is 0 Å². The summed E-state index contributed by atoms with van der Waals surface area (Å²) >= 11 is 0. The lowest BCUT2D eigenvalue weighted by Crippen LogP contribution is -2.36. The number of nitrogens with zero attached hydrogens (tertiary/aromatic N) is 2. The van der Waals surface area contributed by atoms with Gasteiger partial charge in [-0.15, -0.1) is 0 Å². The maximum absolute atomic E-state index is 3.86. The highest BCUT2D eigenvalue weighted by atomic mass is 15.2. The van der Waals surface area contributed by atoms with E-state index in [1.54, 1.807) is 0 Å². The summed E-state index contributed by atoms with van der Waals surface area (Å²) in [6.45, 7) is 9.35. The molecule has 168 valence electrons. The van der Waals surface area contributed by atoms with Crippen LogP contribution in [0.3, 0.4) is 0 Å².